The summed E-state index contributed by atoms with van der Waals surface area (Å²) in [6.07, 6.45) is -0.122. The molecule has 14 heteroatoms. The summed E-state index contributed by atoms with van der Waals surface area (Å²) < 4.78 is 56.8. The average molecular weight is 701 g/mol. The fraction of sp³-hybridized carbons (Fsp3) is 0.706. The van der Waals surface area contributed by atoms with Gasteiger partial charge >= 0.3 is 23.9 Å². The lowest BCUT2D eigenvalue weighted by molar-refractivity contribution is -0.171. The molecule has 0 bridgehead atoms. The lowest BCUT2D eigenvalue weighted by Crippen LogP contribution is -2.47. The number of benzene rings is 1. The third-order valence-electron chi connectivity index (χ3n) is 8.59. The van der Waals surface area contributed by atoms with E-state index in [0.29, 0.717) is 6.61 Å². The third kappa shape index (κ3) is 11.5. The first-order chi connectivity index (χ1) is 22.3. The Morgan fingerprint density at radius 2 is 1.35 bits per heavy atom. The molecule has 0 radical (unpaired) electrons. The minimum Gasteiger partial charge on any atom is -0.469 e. The van der Waals surface area contributed by atoms with E-state index in [1.807, 2.05) is 6.92 Å². The van der Waals surface area contributed by atoms with Gasteiger partial charge in [0.2, 0.25) is 0 Å². The summed E-state index contributed by atoms with van der Waals surface area (Å²) in [5.74, 6) is -2.64. The highest BCUT2D eigenvalue weighted by Crippen LogP contribution is 2.49. The van der Waals surface area contributed by atoms with Crippen molar-refractivity contribution in [3.8, 4) is 0 Å². The van der Waals surface area contributed by atoms with Crippen molar-refractivity contribution in [3.63, 3.8) is 0 Å². The quantitative estimate of drug-likeness (QED) is 0.0642. The zero-order chi connectivity index (χ0) is 36.4. The van der Waals surface area contributed by atoms with Crippen molar-refractivity contribution < 1.29 is 60.6 Å². The molecule has 2 rings (SSSR count). The number of carbonyl (C=O) groups excluding carboxylic acids is 4. The molecule has 4 unspecified atom stereocenters. The second kappa shape index (κ2) is 17.0. The molecule has 1 aliphatic heterocycles. The number of esters is 4. The number of rotatable bonds is 21. The van der Waals surface area contributed by atoms with Gasteiger partial charge in [-0.15, -0.1) is 0 Å². The lowest BCUT2D eigenvalue weighted by atomic mass is 9.61. The molecule has 0 spiro atoms. The standard InChI is InChI=1S/C34H52O13S/c1-9-32(5,29(38)44-17-18-47-48(40,41)26-13-11-24(2)12-14-26)22-34(7,30(39)43-16-10-15-35)23-33(6,28(37)42-8)21-31(3,4)27(36)46-20-25-19-45-25/h11-14,25,35H,9-10,15-23H2,1-8H3. The Hall–Kier alpha value is -3.07. The lowest BCUT2D eigenvalue weighted by Gasteiger charge is -2.42. The first kappa shape index (κ1) is 41.1. The van der Waals surface area contributed by atoms with E-state index in [9.17, 15) is 32.7 Å². The number of hydrogen-bond acceptors (Lipinski definition) is 13. The number of aliphatic hydroxyl groups excluding tert-OH is 1. The van der Waals surface area contributed by atoms with Crippen LogP contribution < -0.4 is 0 Å². The molecular weight excluding hydrogens is 648 g/mol. The summed E-state index contributed by atoms with van der Waals surface area (Å²) in [7, 11) is -2.87. The highest BCUT2D eigenvalue weighted by molar-refractivity contribution is 7.86. The smallest absolute Gasteiger partial charge is 0.311 e. The van der Waals surface area contributed by atoms with Crippen molar-refractivity contribution in [3.05, 3.63) is 29.8 Å². The largest absolute Gasteiger partial charge is 0.469 e. The highest BCUT2D eigenvalue weighted by Gasteiger charge is 2.53. The number of carbonyl (C=O) groups is 4. The SMILES string of the molecule is CCC(C)(CC(C)(CC(C)(CC(C)(C)C(=O)OCC1CO1)C(=O)OC)C(=O)OCCCO)C(=O)OCCOS(=O)(=O)c1ccc(C)cc1. The van der Waals surface area contributed by atoms with Crippen LogP contribution in [0.1, 0.15) is 79.2 Å². The van der Waals surface area contributed by atoms with Crippen molar-refractivity contribution in [1.29, 1.82) is 0 Å². The first-order valence-electron chi connectivity index (χ1n) is 16.1. The Morgan fingerprint density at radius 3 is 1.90 bits per heavy atom. The van der Waals surface area contributed by atoms with E-state index in [2.05, 4.69) is 0 Å². The van der Waals surface area contributed by atoms with Crippen LogP contribution in [0.25, 0.3) is 0 Å². The van der Waals surface area contributed by atoms with E-state index < -0.39 is 62.3 Å². The fourth-order valence-electron chi connectivity index (χ4n) is 5.93. The van der Waals surface area contributed by atoms with E-state index in [-0.39, 0.29) is 69.5 Å². The van der Waals surface area contributed by atoms with E-state index in [1.54, 1.807) is 53.7 Å². The second-order valence-electron chi connectivity index (χ2n) is 13.9. The van der Waals surface area contributed by atoms with Gasteiger partial charge in [-0.1, -0.05) is 24.6 Å². The summed E-state index contributed by atoms with van der Waals surface area (Å²) in [5, 5.41) is 9.25. The molecule has 48 heavy (non-hydrogen) atoms. The summed E-state index contributed by atoms with van der Waals surface area (Å²) in [6.45, 7) is 11.1. The Morgan fingerprint density at radius 1 is 0.812 bits per heavy atom. The van der Waals surface area contributed by atoms with Gasteiger partial charge < -0.3 is 28.8 Å². The van der Waals surface area contributed by atoms with Gasteiger partial charge in [0.05, 0.1) is 46.9 Å². The zero-order valence-electron chi connectivity index (χ0n) is 29.4. The Labute approximate surface area is 284 Å². The van der Waals surface area contributed by atoms with Gasteiger partial charge in [-0.3, -0.25) is 23.4 Å². The van der Waals surface area contributed by atoms with E-state index in [4.69, 9.17) is 27.9 Å². The van der Waals surface area contributed by atoms with Gasteiger partial charge in [0, 0.05) is 13.0 Å². The van der Waals surface area contributed by atoms with Crippen molar-refractivity contribution in [2.24, 2.45) is 21.7 Å². The molecule has 1 heterocycles. The molecule has 1 N–H and O–H groups in total. The van der Waals surface area contributed by atoms with Crippen LogP contribution in [0.4, 0.5) is 0 Å². The molecule has 0 saturated carbocycles. The number of hydrogen-bond donors (Lipinski definition) is 1. The van der Waals surface area contributed by atoms with Crippen LogP contribution in [0, 0.1) is 28.6 Å². The van der Waals surface area contributed by atoms with Gasteiger partial charge in [-0.2, -0.15) is 8.42 Å². The molecule has 0 aliphatic carbocycles. The van der Waals surface area contributed by atoms with E-state index in [0.717, 1.165) is 5.56 Å². The van der Waals surface area contributed by atoms with Gasteiger partial charge in [-0.05, 0) is 79.4 Å². The Kier molecular flexibility index (Phi) is 14.6. The molecule has 272 valence electrons. The molecule has 1 aliphatic rings. The zero-order valence-corrected chi connectivity index (χ0v) is 30.2. The number of methoxy groups -OCH3 is 1. The summed E-state index contributed by atoms with van der Waals surface area (Å²) in [6, 6.07) is 6.11. The Bertz CT molecular complexity index is 1370. The monoisotopic (exact) mass is 700 g/mol. The van der Waals surface area contributed by atoms with Crippen LogP contribution in [0.2, 0.25) is 0 Å². The number of ether oxygens (including phenoxy) is 5. The summed E-state index contributed by atoms with van der Waals surface area (Å²) in [5.41, 5.74) is -4.50. The maximum atomic E-state index is 13.8. The number of aryl methyl sites for hydroxylation is 1. The summed E-state index contributed by atoms with van der Waals surface area (Å²) >= 11 is 0. The summed E-state index contributed by atoms with van der Waals surface area (Å²) in [4.78, 5) is 53.7. The maximum absolute atomic E-state index is 13.8. The minimum absolute atomic E-state index is 0.0321. The topological polar surface area (TPSA) is 181 Å². The van der Waals surface area contributed by atoms with Crippen LogP contribution in [-0.2, 0) is 57.2 Å². The maximum Gasteiger partial charge on any atom is 0.311 e. The minimum atomic E-state index is -4.08. The van der Waals surface area contributed by atoms with Gasteiger partial charge in [-0.25, -0.2) is 0 Å². The number of aliphatic hydroxyl groups is 1. The molecule has 1 aromatic rings. The predicted molar refractivity (Wildman–Crippen MR) is 173 cm³/mol. The first-order valence-corrected chi connectivity index (χ1v) is 17.5. The fourth-order valence-corrected chi connectivity index (χ4v) is 6.82. The predicted octanol–water partition coefficient (Wildman–Crippen LogP) is 3.91. The van der Waals surface area contributed by atoms with Crippen molar-refractivity contribution in [2.45, 2.75) is 91.6 Å². The molecule has 0 aromatic heterocycles. The van der Waals surface area contributed by atoms with Crippen LogP contribution >= 0.6 is 0 Å². The highest BCUT2D eigenvalue weighted by atomic mass is 32.2. The van der Waals surface area contributed by atoms with Crippen LogP contribution in [0.5, 0.6) is 0 Å². The van der Waals surface area contributed by atoms with Crippen molar-refractivity contribution in [1.82, 2.24) is 0 Å². The molecule has 1 aromatic carbocycles. The molecule has 1 saturated heterocycles. The van der Waals surface area contributed by atoms with Crippen molar-refractivity contribution in [2.75, 3.05) is 46.8 Å². The molecule has 0 amide bonds. The van der Waals surface area contributed by atoms with Crippen LogP contribution in [0.15, 0.2) is 29.2 Å². The van der Waals surface area contributed by atoms with E-state index >= 15 is 0 Å². The normalized spacial score (nSPS) is 18.4. The Balaban J connectivity index is 2.28. The molecular formula is C34H52O13S. The third-order valence-corrected chi connectivity index (χ3v) is 9.92. The van der Waals surface area contributed by atoms with Gasteiger partial charge in [0.1, 0.15) is 25.9 Å². The number of epoxide rings is 1. The van der Waals surface area contributed by atoms with Gasteiger partial charge in [0.25, 0.3) is 10.1 Å². The van der Waals surface area contributed by atoms with Crippen molar-refractivity contribution >= 4 is 34.0 Å². The second-order valence-corrected chi connectivity index (χ2v) is 15.5. The van der Waals surface area contributed by atoms with Crippen LogP contribution in [0.3, 0.4) is 0 Å². The molecule has 4 atom stereocenters. The average Bonchev–Trinajstić information content (AvgIpc) is 3.85. The van der Waals surface area contributed by atoms with Gasteiger partial charge in [0.15, 0.2) is 0 Å². The van der Waals surface area contributed by atoms with Crippen LogP contribution in [-0.4, -0.2) is 90.3 Å². The van der Waals surface area contributed by atoms with E-state index in [1.165, 1.54) is 19.2 Å². The molecule has 1 fully saturated rings. The molecule has 13 nitrogen and oxygen atoms in total.